The molecule has 0 radical (unpaired) electrons. The minimum absolute atomic E-state index is 0.00233. The minimum Gasteiger partial charge on any atom is -0.466 e. The molecular formula is C62H123NO5. The molecular weight excluding hydrogens is 839 g/mol. The number of hydrogen-bond donors (Lipinski definition) is 3. The van der Waals surface area contributed by atoms with Gasteiger partial charge in [0.1, 0.15) is 0 Å². The van der Waals surface area contributed by atoms with Crippen LogP contribution in [0.15, 0.2) is 0 Å². The van der Waals surface area contributed by atoms with Crippen molar-refractivity contribution in [1.82, 2.24) is 5.32 Å². The van der Waals surface area contributed by atoms with Crippen molar-refractivity contribution in [2.75, 3.05) is 13.2 Å². The van der Waals surface area contributed by atoms with Gasteiger partial charge >= 0.3 is 5.97 Å². The van der Waals surface area contributed by atoms with Crippen LogP contribution in [-0.2, 0) is 14.3 Å². The van der Waals surface area contributed by atoms with E-state index in [0.29, 0.717) is 25.9 Å². The third-order valence-electron chi connectivity index (χ3n) is 14.9. The maximum absolute atomic E-state index is 12.5. The molecule has 0 bridgehead atoms. The van der Waals surface area contributed by atoms with Crippen LogP contribution in [0, 0.1) is 0 Å². The van der Waals surface area contributed by atoms with E-state index in [1.807, 2.05) is 0 Å². The second-order valence-electron chi connectivity index (χ2n) is 21.8. The van der Waals surface area contributed by atoms with Crippen LogP contribution in [0.5, 0.6) is 0 Å². The molecule has 1 amide bonds. The Kier molecular flexibility index (Phi) is 57.5. The van der Waals surface area contributed by atoms with Crippen LogP contribution >= 0.6 is 0 Å². The van der Waals surface area contributed by atoms with Gasteiger partial charge in [0, 0.05) is 12.8 Å². The summed E-state index contributed by atoms with van der Waals surface area (Å²) in [7, 11) is 0. The summed E-state index contributed by atoms with van der Waals surface area (Å²) in [5.74, 6) is -0.0381. The largest absolute Gasteiger partial charge is 0.466 e. The number of nitrogens with one attached hydrogen (secondary N) is 1. The van der Waals surface area contributed by atoms with Crippen LogP contribution in [0.1, 0.15) is 361 Å². The summed E-state index contributed by atoms with van der Waals surface area (Å²) in [5.41, 5.74) is 0. The van der Waals surface area contributed by atoms with E-state index in [0.717, 1.165) is 51.4 Å². The van der Waals surface area contributed by atoms with Crippen molar-refractivity contribution >= 4 is 11.9 Å². The summed E-state index contributed by atoms with van der Waals surface area (Å²) in [5, 5.41) is 23.4. The van der Waals surface area contributed by atoms with E-state index in [1.54, 1.807) is 0 Å². The summed E-state index contributed by atoms with van der Waals surface area (Å²) in [6, 6.07) is -0.549. The van der Waals surface area contributed by atoms with E-state index in [9.17, 15) is 19.8 Å². The minimum atomic E-state index is -0.671. The van der Waals surface area contributed by atoms with Gasteiger partial charge in [-0.1, -0.05) is 322 Å². The molecule has 0 aliphatic rings. The van der Waals surface area contributed by atoms with Crippen LogP contribution in [-0.4, -0.2) is 47.4 Å². The number of esters is 1. The molecule has 0 rings (SSSR count). The predicted octanol–water partition coefficient (Wildman–Crippen LogP) is 19.5. The van der Waals surface area contributed by atoms with Crippen molar-refractivity contribution in [2.24, 2.45) is 0 Å². The molecule has 2 atom stereocenters. The normalized spacial score (nSPS) is 12.5. The predicted molar refractivity (Wildman–Crippen MR) is 297 cm³/mol. The van der Waals surface area contributed by atoms with Crippen molar-refractivity contribution in [3.63, 3.8) is 0 Å². The van der Waals surface area contributed by atoms with Gasteiger partial charge in [0.2, 0.25) is 5.91 Å². The molecule has 0 aromatic rings. The molecule has 0 spiro atoms. The standard InChI is InChI=1S/C62H123NO5/c1-3-5-7-9-11-13-15-17-19-20-21-22-23-24-25-27-30-34-38-42-46-50-54-60(65)59(58-64)63-61(66)55-51-47-43-39-35-31-28-29-33-37-41-45-49-53-57-68-62(67)56-52-48-44-40-36-32-26-18-16-14-12-10-8-6-4-2/h59-60,64-65H,3-58H2,1-2H3,(H,63,66). The van der Waals surface area contributed by atoms with Gasteiger partial charge in [-0.15, -0.1) is 0 Å². The van der Waals surface area contributed by atoms with E-state index in [4.69, 9.17) is 4.74 Å². The van der Waals surface area contributed by atoms with E-state index >= 15 is 0 Å². The third-order valence-corrected chi connectivity index (χ3v) is 14.9. The zero-order valence-electron chi connectivity index (χ0n) is 46.4. The highest BCUT2D eigenvalue weighted by atomic mass is 16.5. The molecule has 0 fully saturated rings. The average Bonchev–Trinajstić information content (AvgIpc) is 3.34. The molecule has 0 heterocycles. The zero-order chi connectivity index (χ0) is 49.3. The summed E-state index contributed by atoms with van der Waals surface area (Å²) >= 11 is 0. The van der Waals surface area contributed by atoms with Crippen LogP contribution < -0.4 is 5.32 Å². The van der Waals surface area contributed by atoms with Crippen molar-refractivity contribution in [3.8, 4) is 0 Å². The Morgan fingerprint density at radius 3 is 0.897 bits per heavy atom. The molecule has 0 aromatic carbocycles. The number of aliphatic hydroxyl groups excluding tert-OH is 2. The van der Waals surface area contributed by atoms with Gasteiger partial charge < -0.3 is 20.3 Å². The molecule has 2 unspecified atom stereocenters. The average molecular weight is 963 g/mol. The van der Waals surface area contributed by atoms with E-state index in [2.05, 4.69) is 19.2 Å². The fourth-order valence-corrected chi connectivity index (χ4v) is 10.1. The molecule has 0 aliphatic carbocycles. The third kappa shape index (κ3) is 54.2. The Labute approximate surface area is 426 Å². The van der Waals surface area contributed by atoms with Crippen molar-refractivity contribution < 1.29 is 24.5 Å². The van der Waals surface area contributed by atoms with Gasteiger partial charge in [-0.05, 0) is 25.7 Å². The topological polar surface area (TPSA) is 95.9 Å². The monoisotopic (exact) mass is 962 g/mol. The van der Waals surface area contributed by atoms with Gasteiger partial charge in [-0.25, -0.2) is 0 Å². The number of ether oxygens (including phenoxy) is 1. The van der Waals surface area contributed by atoms with Gasteiger partial charge in [0.15, 0.2) is 0 Å². The fraction of sp³-hybridized carbons (Fsp3) is 0.968. The number of hydrogen-bond acceptors (Lipinski definition) is 5. The second-order valence-corrected chi connectivity index (χ2v) is 21.8. The van der Waals surface area contributed by atoms with Gasteiger partial charge in [-0.3, -0.25) is 9.59 Å². The highest BCUT2D eigenvalue weighted by Crippen LogP contribution is 2.19. The fourth-order valence-electron chi connectivity index (χ4n) is 10.1. The number of carbonyl (C=O) groups is 2. The van der Waals surface area contributed by atoms with Crippen molar-refractivity contribution in [1.29, 1.82) is 0 Å². The Morgan fingerprint density at radius 2 is 0.603 bits per heavy atom. The molecule has 0 aromatic heterocycles. The molecule has 3 N–H and O–H groups in total. The van der Waals surface area contributed by atoms with Crippen LogP contribution in [0.4, 0.5) is 0 Å². The highest BCUT2D eigenvalue weighted by Gasteiger charge is 2.20. The number of unbranched alkanes of at least 4 members (excludes halogenated alkanes) is 48. The van der Waals surface area contributed by atoms with Crippen molar-refractivity contribution in [2.45, 2.75) is 373 Å². The number of rotatable bonds is 59. The second kappa shape index (κ2) is 58.4. The lowest BCUT2D eigenvalue weighted by atomic mass is 10.0. The van der Waals surface area contributed by atoms with Crippen LogP contribution in [0.3, 0.4) is 0 Å². The lowest BCUT2D eigenvalue weighted by Gasteiger charge is -2.22. The van der Waals surface area contributed by atoms with Crippen molar-refractivity contribution in [3.05, 3.63) is 0 Å². The molecule has 68 heavy (non-hydrogen) atoms. The lowest BCUT2D eigenvalue weighted by molar-refractivity contribution is -0.143. The van der Waals surface area contributed by atoms with Crippen LogP contribution in [0.25, 0.3) is 0 Å². The molecule has 0 saturated heterocycles. The lowest BCUT2D eigenvalue weighted by Crippen LogP contribution is -2.45. The molecule has 406 valence electrons. The maximum atomic E-state index is 12.5. The first-order valence-electron chi connectivity index (χ1n) is 31.3. The summed E-state index contributed by atoms with van der Waals surface area (Å²) in [4.78, 5) is 24.6. The van der Waals surface area contributed by atoms with Gasteiger partial charge in [0.05, 0.1) is 25.4 Å². The van der Waals surface area contributed by atoms with E-state index < -0.39 is 12.1 Å². The zero-order valence-corrected chi connectivity index (χ0v) is 46.4. The SMILES string of the molecule is CCCCCCCCCCCCCCCCCCCCCCCCC(O)C(CO)NC(=O)CCCCCCCCCCCCCCCCOC(=O)CCCCCCCCCCCCCCCCC. The Bertz CT molecular complexity index is 975. The number of aliphatic hydroxyl groups is 2. The summed E-state index contributed by atoms with van der Waals surface area (Å²) in [6.07, 6.45) is 68.2. The first kappa shape index (κ1) is 66.9. The van der Waals surface area contributed by atoms with E-state index in [1.165, 1.54) is 276 Å². The Hall–Kier alpha value is -1.14. The highest BCUT2D eigenvalue weighted by molar-refractivity contribution is 5.76. The summed E-state index contributed by atoms with van der Waals surface area (Å²) in [6.45, 7) is 4.97. The first-order chi connectivity index (χ1) is 33.5. The van der Waals surface area contributed by atoms with Crippen LogP contribution in [0.2, 0.25) is 0 Å². The molecule has 0 saturated carbocycles. The van der Waals surface area contributed by atoms with E-state index in [-0.39, 0.29) is 18.5 Å². The first-order valence-corrected chi connectivity index (χ1v) is 31.3. The Morgan fingerprint density at radius 1 is 0.353 bits per heavy atom. The molecule has 6 heteroatoms. The molecule has 6 nitrogen and oxygen atoms in total. The van der Waals surface area contributed by atoms with Gasteiger partial charge in [-0.2, -0.15) is 0 Å². The number of amides is 1. The Balaban J connectivity index is 3.41. The smallest absolute Gasteiger partial charge is 0.305 e. The molecule has 0 aliphatic heterocycles. The van der Waals surface area contributed by atoms with Gasteiger partial charge in [0.25, 0.3) is 0 Å². The quantitative estimate of drug-likeness (QED) is 0.0417. The number of carbonyl (C=O) groups excluding carboxylic acids is 2. The summed E-state index contributed by atoms with van der Waals surface area (Å²) < 4.78 is 5.48. The maximum Gasteiger partial charge on any atom is 0.305 e.